The predicted octanol–water partition coefficient (Wildman–Crippen LogP) is 1.90. The SMILES string of the molecule is O=C(c1nc2n(n1)C(c1ccccc1)CC2)N1CC(F)(F)C1. The Morgan fingerprint density at radius 2 is 1.95 bits per heavy atom. The molecular weight excluding hydrogens is 290 g/mol. The second-order valence-electron chi connectivity index (χ2n) is 5.78. The lowest BCUT2D eigenvalue weighted by Crippen LogP contribution is -2.58. The van der Waals surface area contributed by atoms with Gasteiger partial charge in [-0.25, -0.2) is 18.4 Å². The number of likely N-dealkylation sites (tertiary alicyclic amines) is 1. The second-order valence-corrected chi connectivity index (χ2v) is 5.78. The van der Waals surface area contributed by atoms with E-state index in [1.165, 1.54) is 0 Å². The molecule has 2 aromatic rings. The lowest BCUT2D eigenvalue weighted by molar-refractivity contribution is -0.113. The molecule has 1 unspecified atom stereocenters. The van der Waals surface area contributed by atoms with E-state index in [-0.39, 0.29) is 11.9 Å². The average Bonchev–Trinajstić information content (AvgIpc) is 3.04. The van der Waals surface area contributed by atoms with E-state index >= 15 is 0 Å². The van der Waals surface area contributed by atoms with E-state index < -0.39 is 24.9 Å². The van der Waals surface area contributed by atoms with Gasteiger partial charge in [0.15, 0.2) is 0 Å². The van der Waals surface area contributed by atoms with E-state index in [2.05, 4.69) is 10.1 Å². The topological polar surface area (TPSA) is 51.0 Å². The van der Waals surface area contributed by atoms with Crippen molar-refractivity contribution in [2.24, 2.45) is 0 Å². The van der Waals surface area contributed by atoms with Crippen molar-refractivity contribution in [2.45, 2.75) is 24.8 Å². The largest absolute Gasteiger partial charge is 0.324 e. The highest BCUT2D eigenvalue weighted by molar-refractivity contribution is 5.91. The van der Waals surface area contributed by atoms with Gasteiger partial charge in [-0.3, -0.25) is 4.79 Å². The van der Waals surface area contributed by atoms with Gasteiger partial charge >= 0.3 is 0 Å². The molecule has 7 heteroatoms. The van der Waals surface area contributed by atoms with Gasteiger partial charge in [0.1, 0.15) is 5.82 Å². The van der Waals surface area contributed by atoms with E-state index in [0.717, 1.165) is 29.1 Å². The lowest BCUT2D eigenvalue weighted by Gasteiger charge is -2.37. The Kier molecular flexibility index (Phi) is 2.79. The Balaban J connectivity index is 1.58. The zero-order valence-corrected chi connectivity index (χ0v) is 11.7. The average molecular weight is 304 g/mol. The molecule has 22 heavy (non-hydrogen) atoms. The van der Waals surface area contributed by atoms with Crippen molar-refractivity contribution in [2.75, 3.05) is 13.1 Å². The van der Waals surface area contributed by atoms with Crippen LogP contribution in [0.3, 0.4) is 0 Å². The van der Waals surface area contributed by atoms with Crippen molar-refractivity contribution in [3.8, 4) is 0 Å². The molecule has 0 radical (unpaired) electrons. The smallest absolute Gasteiger partial charge is 0.293 e. The zero-order valence-electron chi connectivity index (χ0n) is 11.7. The molecule has 0 spiro atoms. The van der Waals surface area contributed by atoms with Crippen LogP contribution in [0.4, 0.5) is 8.78 Å². The van der Waals surface area contributed by atoms with Gasteiger partial charge in [0, 0.05) is 6.42 Å². The standard InChI is InChI=1S/C15H14F2N4O/c16-15(17)8-20(9-15)14(22)13-18-12-7-6-11(21(12)19-13)10-4-2-1-3-5-10/h1-5,11H,6-9H2. The minimum absolute atomic E-state index is 0.0196. The number of hydrogen-bond acceptors (Lipinski definition) is 3. The molecule has 2 aliphatic rings. The summed E-state index contributed by atoms with van der Waals surface area (Å²) in [6, 6.07) is 9.94. The van der Waals surface area contributed by atoms with E-state index in [4.69, 9.17) is 0 Å². The fourth-order valence-electron chi connectivity index (χ4n) is 3.03. The number of alkyl halides is 2. The maximum atomic E-state index is 12.9. The summed E-state index contributed by atoms with van der Waals surface area (Å²) in [5.74, 6) is -2.53. The van der Waals surface area contributed by atoms with Crippen LogP contribution in [0.5, 0.6) is 0 Å². The van der Waals surface area contributed by atoms with Crippen molar-refractivity contribution in [3.05, 3.63) is 47.5 Å². The van der Waals surface area contributed by atoms with Crippen LogP contribution in [0.2, 0.25) is 0 Å². The Morgan fingerprint density at radius 1 is 1.23 bits per heavy atom. The van der Waals surface area contributed by atoms with Crippen LogP contribution in [0.1, 0.15) is 34.5 Å². The maximum absolute atomic E-state index is 12.9. The summed E-state index contributed by atoms with van der Waals surface area (Å²) in [7, 11) is 0. The Morgan fingerprint density at radius 3 is 2.64 bits per heavy atom. The molecule has 1 saturated heterocycles. The number of rotatable bonds is 2. The highest BCUT2D eigenvalue weighted by atomic mass is 19.3. The van der Waals surface area contributed by atoms with Gasteiger partial charge in [-0.05, 0) is 12.0 Å². The Labute approximate surface area is 125 Å². The van der Waals surface area contributed by atoms with E-state index in [0.29, 0.717) is 0 Å². The van der Waals surface area contributed by atoms with Crippen LogP contribution < -0.4 is 0 Å². The summed E-state index contributed by atoms with van der Waals surface area (Å²) in [5, 5.41) is 4.27. The summed E-state index contributed by atoms with van der Waals surface area (Å²) in [5.41, 5.74) is 1.11. The summed E-state index contributed by atoms with van der Waals surface area (Å²) in [4.78, 5) is 17.4. The molecule has 114 valence electrons. The summed E-state index contributed by atoms with van der Waals surface area (Å²) in [6.07, 6.45) is 1.62. The quantitative estimate of drug-likeness (QED) is 0.851. The molecule has 0 aliphatic carbocycles. The second kappa shape index (κ2) is 4.59. The van der Waals surface area contributed by atoms with Gasteiger partial charge in [-0.15, -0.1) is 5.10 Å². The molecule has 3 heterocycles. The number of fused-ring (bicyclic) bond motifs is 1. The number of nitrogens with zero attached hydrogens (tertiary/aromatic N) is 4. The maximum Gasteiger partial charge on any atom is 0.293 e. The molecule has 1 atom stereocenters. The third-order valence-corrected chi connectivity index (χ3v) is 4.15. The number of aryl methyl sites for hydroxylation is 1. The highest BCUT2D eigenvalue weighted by Gasteiger charge is 2.47. The molecule has 2 aliphatic heterocycles. The number of amides is 1. The number of carbonyl (C=O) groups is 1. The minimum atomic E-state index is -2.77. The molecule has 5 nitrogen and oxygen atoms in total. The number of halogens is 2. The summed E-state index contributed by atoms with van der Waals surface area (Å²) >= 11 is 0. The van der Waals surface area contributed by atoms with Crippen LogP contribution in [-0.2, 0) is 6.42 Å². The fraction of sp³-hybridized carbons (Fsp3) is 0.400. The first-order chi connectivity index (χ1) is 10.5. The number of benzene rings is 1. The van der Waals surface area contributed by atoms with Crippen molar-refractivity contribution in [3.63, 3.8) is 0 Å². The van der Waals surface area contributed by atoms with Crippen molar-refractivity contribution >= 4 is 5.91 Å². The van der Waals surface area contributed by atoms with E-state index in [1.54, 1.807) is 4.68 Å². The van der Waals surface area contributed by atoms with E-state index in [1.807, 2.05) is 30.3 Å². The first-order valence-electron chi connectivity index (χ1n) is 7.21. The molecule has 0 saturated carbocycles. The van der Waals surface area contributed by atoms with Crippen molar-refractivity contribution in [1.82, 2.24) is 19.7 Å². The van der Waals surface area contributed by atoms with Crippen LogP contribution >= 0.6 is 0 Å². The molecule has 1 aromatic heterocycles. The summed E-state index contributed by atoms with van der Waals surface area (Å²) < 4.78 is 27.5. The van der Waals surface area contributed by atoms with E-state index in [9.17, 15) is 13.6 Å². The molecule has 1 amide bonds. The van der Waals surface area contributed by atoms with Crippen molar-refractivity contribution < 1.29 is 13.6 Å². The molecule has 1 aromatic carbocycles. The lowest BCUT2D eigenvalue weighted by atomic mass is 10.1. The molecule has 0 N–H and O–H groups in total. The van der Waals surface area contributed by atoms with Crippen LogP contribution in [0.15, 0.2) is 30.3 Å². The fourth-order valence-corrected chi connectivity index (χ4v) is 3.03. The normalized spacial score (nSPS) is 22.3. The molecule has 0 bridgehead atoms. The number of aromatic nitrogens is 3. The predicted molar refractivity (Wildman–Crippen MR) is 73.8 cm³/mol. The minimum Gasteiger partial charge on any atom is -0.324 e. The van der Waals surface area contributed by atoms with Gasteiger partial charge in [-0.1, -0.05) is 30.3 Å². The Hall–Kier alpha value is -2.31. The first kappa shape index (κ1) is 13.4. The van der Waals surface area contributed by atoms with Crippen molar-refractivity contribution in [1.29, 1.82) is 0 Å². The molecule has 4 rings (SSSR count). The van der Waals surface area contributed by atoms with Gasteiger partial charge in [0.25, 0.3) is 11.8 Å². The zero-order chi connectivity index (χ0) is 15.3. The first-order valence-corrected chi connectivity index (χ1v) is 7.21. The third kappa shape index (κ3) is 2.08. The van der Waals surface area contributed by atoms with Crippen LogP contribution in [0, 0.1) is 0 Å². The van der Waals surface area contributed by atoms with Gasteiger partial charge in [0.05, 0.1) is 19.1 Å². The molecular formula is C15H14F2N4O. The Bertz CT molecular complexity index is 720. The number of hydrogen-bond donors (Lipinski definition) is 0. The molecule has 1 fully saturated rings. The monoisotopic (exact) mass is 304 g/mol. The number of carbonyl (C=O) groups excluding carboxylic acids is 1. The van der Waals surface area contributed by atoms with Gasteiger partial charge in [-0.2, -0.15) is 0 Å². The highest BCUT2D eigenvalue weighted by Crippen LogP contribution is 2.31. The van der Waals surface area contributed by atoms with Crippen LogP contribution in [0.25, 0.3) is 0 Å². The van der Waals surface area contributed by atoms with Gasteiger partial charge < -0.3 is 4.90 Å². The van der Waals surface area contributed by atoms with Gasteiger partial charge in [0.2, 0.25) is 5.82 Å². The summed E-state index contributed by atoms with van der Waals surface area (Å²) in [6.45, 7) is -1.09. The van der Waals surface area contributed by atoms with Crippen LogP contribution in [-0.4, -0.2) is 44.6 Å². The third-order valence-electron chi connectivity index (χ3n) is 4.15.